The molecule has 0 aliphatic heterocycles. The van der Waals surface area contributed by atoms with Crippen molar-refractivity contribution in [2.24, 2.45) is 0 Å². The van der Waals surface area contributed by atoms with Gasteiger partial charge >= 0.3 is 5.97 Å². The average molecular weight is 258 g/mol. The van der Waals surface area contributed by atoms with E-state index in [-0.39, 0.29) is 18.8 Å². The van der Waals surface area contributed by atoms with Crippen LogP contribution in [0.25, 0.3) is 0 Å². The van der Waals surface area contributed by atoms with Gasteiger partial charge in [0.05, 0.1) is 6.61 Å². The fourth-order valence-electron chi connectivity index (χ4n) is 1.56. The summed E-state index contributed by atoms with van der Waals surface area (Å²) in [6.45, 7) is 4.95. The highest BCUT2D eigenvalue weighted by Crippen LogP contribution is 2.04. The summed E-state index contributed by atoms with van der Waals surface area (Å²) in [4.78, 5) is 21.6. The Bertz CT molecular complexity index is 226. The molecule has 0 aromatic rings. The Morgan fingerprint density at radius 1 is 0.889 bits per heavy atom. The van der Waals surface area contributed by atoms with Gasteiger partial charge in [0.1, 0.15) is 18.8 Å². The van der Waals surface area contributed by atoms with Gasteiger partial charge in [-0.2, -0.15) is 0 Å². The van der Waals surface area contributed by atoms with Crippen molar-refractivity contribution in [3.8, 4) is 0 Å². The number of rotatable bonds is 12. The van der Waals surface area contributed by atoms with Crippen LogP contribution in [0.4, 0.5) is 0 Å². The largest absolute Gasteiger partial charge is 0.463 e. The quantitative estimate of drug-likeness (QED) is 0.307. The molecule has 4 heteroatoms. The summed E-state index contributed by atoms with van der Waals surface area (Å²) in [5, 5.41) is 0. The van der Waals surface area contributed by atoms with Gasteiger partial charge in [-0.25, -0.2) is 0 Å². The van der Waals surface area contributed by atoms with E-state index in [1.807, 2.05) is 0 Å². The first-order valence-electron chi connectivity index (χ1n) is 6.89. The molecule has 0 saturated carbocycles. The fraction of sp³-hybridized carbons (Fsp3) is 0.857. The summed E-state index contributed by atoms with van der Waals surface area (Å²) < 4.78 is 10.2. The molecule has 0 aliphatic carbocycles. The molecule has 0 aromatic carbocycles. The SMILES string of the molecule is CCCCCCCCOCCOC(=O)CC(C)=O. The molecule has 0 aliphatic rings. The first-order valence-corrected chi connectivity index (χ1v) is 6.89. The molecule has 0 amide bonds. The van der Waals surface area contributed by atoms with Crippen molar-refractivity contribution in [1.82, 2.24) is 0 Å². The zero-order chi connectivity index (χ0) is 13.6. The van der Waals surface area contributed by atoms with Crippen molar-refractivity contribution in [3.05, 3.63) is 0 Å². The minimum Gasteiger partial charge on any atom is -0.463 e. The van der Waals surface area contributed by atoms with Gasteiger partial charge in [0.15, 0.2) is 0 Å². The third-order valence-electron chi connectivity index (χ3n) is 2.53. The molecule has 0 rings (SSSR count). The van der Waals surface area contributed by atoms with Gasteiger partial charge in [0.2, 0.25) is 0 Å². The van der Waals surface area contributed by atoms with Crippen molar-refractivity contribution in [2.45, 2.75) is 58.8 Å². The van der Waals surface area contributed by atoms with Gasteiger partial charge in [0.25, 0.3) is 0 Å². The predicted molar refractivity (Wildman–Crippen MR) is 70.5 cm³/mol. The Hall–Kier alpha value is -0.900. The molecule has 0 radical (unpaired) electrons. The molecule has 0 spiro atoms. The van der Waals surface area contributed by atoms with Crippen LogP contribution in [0.15, 0.2) is 0 Å². The number of carbonyl (C=O) groups excluding carboxylic acids is 2. The highest BCUT2D eigenvalue weighted by atomic mass is 16.6. The Morgan fingerprint density at radius 2 is 1.56 bits per heavy atom. The molecule has 0 heterocycles. The zero-order valence-electron chi connectivity index (χ0n) is 11.7. The Kier molecular flexibility index (Phi) is 11.9. The molecular formula is C14H26O4. The van der Waals surface area contributed by atoms with Crippen molar-refractivity contribution in [1.29, 1.82) is 0 Å². The molecule has 0 N–H and O–H groups in total. The molecule has 106 valence electrons. The van der Waals surface area contributed by atoms with Crippen LogP contribution in [-0.2, 0) is 19.1 Å². The van der Waals surface area contributed by atoms with Crippen LogP contribution >= 0.6 is 0 Å². The molecular weight excluding hydrogens is 232 g/mol. The summed E-state index contributed by atoms with van der Waals surface area (Å²) in [7, 11) is 0. The van der Waals surface area contributed by atoms with Crippen LogP contribution in [0.3, 0.4) is 0 Å². The monoisotopic (exact) mass is 258 g/mol. The predicted octanol–water partition coefficient (Wildman–Crippen LogP) is 2.89. The smallest absolute Gasteiger partial charge is 0.313 e. The third kappa shape index (κ3) is 13.2. The maximum Gasteiger partial charge on any atom is 0.313 e. The van der Waals surface area contributed by atoms with Crippen LogP contribution in [-0.4, -0.2) is 31.6 Å². The van der Waals surface area contributed by atoms with E-state index in [2.05, 4.69) is 6.92 Å². The van der Waals surface area contributed by atoms with E-state index < -0.39 is 5.97 Å². The van der Waals surface area contributed by atoms with E-state index in [0.29, 0.717) is 6.61 Å². The fourth-order valence-corrected chi connectivity index (χ4v) is 1.56. The number of ketones is 1. The maximum atomic E-state index is 11.0. The number of ether oxygens (including phenoxy) is 2. The number of hydrogen-bond acceptors (Lipinski definition) is 4. The number of Topliss-reactive ketones (excluding diaryl/α,β-unsaturated/α-hetero) is 1. The number of hydrogen-bond donors (Lipinski definition) is 0. The number of esters is 1. The van der Waals surface area contributed by atoms with Gasteiger partial charge in [-0.1, -0.05) is 39.0 Å². The van der Waals surface area contributed by atoms with Crippen LogP contribution in [0.5, 0.6) is 0 Å². The van der Waals surface area contributed by atoms with Crippen LogP contribution < -0.4 is 0 Å². The Labute approximate surface area is 110 Å². The molecule has 0 aromatic heterocycles. The van der Waals surface area contributed by atoms with E-state index in [1.54, 1.807) is 0 Å². The maximum absolute atomic E-state index is 11.0. The second-order valence-corrected chi connectivity index (χ2v) is 4.48. The first kappa shape index (κ1) is 17.1. The highest BCUT2D eigenvalue weighted by Gasteiger charge is 2.05. The summed E-state index contributed by atoms with van der Waals surface area (Å²) in [5.41, 5.74) is 0. The molecule has 0 bridgehead atoms. The first-order chi connectivity index (χ1) is 8.66. The highest BCUT2D eigenvalue weighted by molar-refractivity contribution is 5.94. The van der Waals surface area contributed by atoms with E-state index in [4.69, 9.17) is 9.47 Å². The minimum absolute atomic E-state index is 0.141. The third-order valence-corrected chi connectivity index (χ3v) is 2.53. The van der Waals surface area contributed by atoms with Gasteiger partial charge < -0.3 is 9.47 Å². The van der Waals surface area contributed by atoms with E-state index in [1.165, 1.54) is 39.0 Å². The molecule has 0 saturated heterocycles. The standard InChI is InChI=1S/C14H26O4/c1-3-4-5-6-7-8-9-17-10-11-18-14(16)12-13(2)15/h3-12H2,1-2H3. The summed E-state index contributed by atoms with van der Waals surface area (Å²) in [6.07, 6.45) is 7.27. The molecule has 0 unspecified atom stereocenters. The normalized spacial score (nSPS) is 10.3. The van der Waals surface area contributed by atoms with Gasteiger partial charge in [-0.3, -0.25) is 9.59 Å². The second-order valence-electron chi connectivity index (χ2n) is 4.48. The lowest BCUT2D eigenvalue weighted by Gasteiger charge is -2.05. The molecule has 18 heavy (non-hydrogen) atoms. The number of unbranched alkanes of at least 4 members (excludes halogenated alkanes) is 5. The van der Waals surface area contributed by atoms with Crippen molar-refractivity contribution < 1.29 is 19.1 Å². The molecule has 0 fully saturated rings. The minimum atomic E-state index is -0.467. The Morgan fingerprint density at radius 3 is 2.22 bits per heavy atom. The lowest BCUT2D eigenvalue weighted by Crippen LogP contribution is -2.13. The number of carbonyl (C=O) groups is 2. The van der Waals surface area contributed by atoms with Gasteiger partial charge in [-0.15, -0.1) is 0 Å². The second kappa shape index (κ2) is 12.6. The van der Waals surface area contributed by atoms with Crippen molar-refractivity contribution in [3.63, 3.8) is 0 Å². The van der Waals surface area contributed by atoms with Crippen LogP contribution in [0, 0.1) is 0 Å². The van der Waals surface area contributed by atoms with Gasteiger partial charge in [-0.05, 0) is 13.3 Å². The van der Waals surface area contributed by atoms with E-state index in [9.17, 15) is 9.59 Å². The topological polar surface area (TPSA) is 52.6 Å². The molecule has 0 atom stereocenters. The van der Waals surface area contributed by atoms with Crippen LogP contribution in [0.1, 0.15) is 58.8 Å². The Balaban J connectivity index is 3.11. The average Bonchev–Trinajstić information content (AvgIpc) is 2.30. The van der Waals surface area contributed by atoms with Crippen molar-refractivity contribution in [2.75, 3.05) is 19.8 Å². The summed E-state index contributed by atoms with van der Waals surface area (Å²) in [6, 6.07) is 0. The molecule has 4 nitrogen and oxygen atoms in total. The van der Waals surface area contributed by atoms with Crippen LogP contribution in [0.2, 0.25) is 0 Å². The zero-order valence-corrected chi connectivity index (χ0v) is 11.7. The van der Waals surface area contributed by atoms with E-state index in [0.717, 1.165) is 13.0 Å². The lowest BCUT2D eigenvalue weighted by molar-refractivity contribution is -0.147. The van der Waals surface area contributed by atoms with E-state index >= 15 is 0 Å². The van der Waals surface area contributed by atoms with Crippen molar-refractivity contribution >= 4 is 11.8 Å². The lowest BCUT2D eigenvalue weighted by atomic mass is 10.1. The summed E-state index contributed by atoms with van der Waals surface area (Å²) >= 11 is 0. The van der Waals surface area contributed by atoms with Gasteiger partial charge in [0, 0.05) is 6.61 Å². The summed E-state index contributed by atoms with van der Waals surface area (Å²) in [5.74, 6) is -0.640.